The van der Waals surface area contributed by atoms with Gasteiger partial charge in [0, 0.05) is 12.1 Å². The third kappa shape index (κ3) is 3.99. The first kappa shape index (κ1) is 17.0. The average Bonchev–Trinajstić information content (AvgIpc) is 3.09. The summed E-state index contributed by atoms with van der Waals surface area (Å²) >= 11 is 0. The fourth-order valence-electron chi connectivity index (χ4n) is 2.05. The van der Waals surface area contributed by atoms with Crippen molar-refractivity contribution in [2.75, 3.05) is 0 Å². The number of carbonyl (C=O) groups is 1. The fourth-order valence-corrected chi connectivity index (χ4v) is 2.05. The number of aromatic nitrogens is 2. The van der Waals surface area contributed by atoms with Crippen LogP contribution >= 0.6 is 0 Å². The van der Waals surface area contributed by atoms with Gasteiger partial charge in [0.2, 0.25) is 0 Å². The van der Waals surface area contributed by atoms with Crippen LogP contribution in [0.15, 0.2) is 46.9 Å². The molecule has 2 aromatic carbocycles. The molecule has 130 valence electrons. The molecule has 0 radical (unpaired) electrons. The highest BCUT2D eigenvalue weighted by atomic mass is 19.1. The molecular weight excluding hydrogens is 346 g/mol. The molecule has 0 saturated heterocycles. The average molecular weight is 356 g/mol. The van der Waals surface area contributed by atoms with Crippen molar-refractivity contribution >= 4 is 6.09 Å². The molecule has 3 aromatic rings. The Bertz CT molecular complexity index is 998. The number of ether oxygens (including phenoxy) is 1. The van der Waals surface area contributed by atoms with E-state index in [1.807, 2.05) is 0 Å². The molecule has 1 N–H and O–H groups in total. The van der Waals surface area contributed by atoms with Crippen LogP contribution in [0, 0.1) is 23.0 Å². The van der Waals surface area contributed by atoms with Gasteiger partial charge in [0.15, 0.2) is 0 Å². The number of rotatable bonds is 4. The van der Waals surface area contributed by atoms with E-state index in [1.165, 1.54) is 30.3 Å². The van der Waals surface area contributed by atoms with Crippen molar-refractivity contribution in [2.45, 2.75) is 6.54 Å². The second kappa shape index (κ2) is 7.40. The summed E-state index contributed by atoms with van der Waals surface area (Å²) in [5.41, 5.74) is 0.657. The fraction of sp³-hybridized carbons (Fsp3) is 0.0588. The van der Waals surface area contributed by atoms with Gasteiger partial charge in [-0.1, -0.05) is 17.2 Å². The molecule has 1 heterocycles. The summed E-state index contributed by atoms with van der Waals surface area (Å²) in [6.07, 6.45) is -1.30. The summed E-state index contributed by atoms with van der Waals surface area (Å²) < 4.78 is 36.4. The number of carbonyl (C=O) groups excluding carboxylic acids is 1. The van der Waals surface area contributed by atoms with Crippen LogP contribution in [0.1, 0.15) is 11.1 Å². The van der Waals surface area contributed by atoms with Crippen LogP contribution in [-0.4, -0.2) is 16.3 Å². The topological polar surface area (TPSA) is 101 Å². The molecule has 3 rings (SSSR count). The maximum atomic E-state index is 13.3. The molecule has 0 unspecified atom stereocenters. The van der Waals surface area contributed by atoms with E-state index in [-0.39, 0.29) is 18.0 Å². The molecule has 0 atom stereocenters. The molecule has 0 aliphatic heterocycles. The van der Waals surface area contributed by atoms with E-state index in [0.29, 0.717) is 11.1 Å². The second-order valence-corrected chi connectivity index (χ2v) is 5.05. The maximum Gasteiger partial charge on any atom is 0.424 e. The van der Waals surface area contributed by atoms with Gasteiger partial charge in [0.1, 0.15) is 17.7 Å². The summed E-state index contributed by atoms with van der Waals surface area (Å²) in [4.78, 5) is 11.7. The number of halogens is 2. The molecule has 9 heteroatoms. The van der Waals surface area contributed by atoms with E-state index in [0.717, 1.165) is 6.07 Å². The van der Waals surface area contributed by atoms with E-state index in [1.54, 1.807) is 12.1 Å². The van der Waals surface area contributed by atoms with Gasteiger partial charge < -0.3 is 14.5 Å². The zero-order valence-corrected chi connectivity index (χ0v) is 13.1. The van der Waals surface area contributed by atoms with Crippen LogP contribution in [0.3, 0.4) is 0 Å². The van der Waals surface area contributed by atoms with Gasteiger partial charge in [-0.2, -0.15) is 5.26 Å². The maximum absolute atomic E-state index is 13.3. The standard InChI is InChI=1S/C17H10F2N4O3/c18-13-3-1-2-10(6-13)9-21-16(24)26-17-23-22-15(25-17)11-4-5-14(19)12(7-11)8-20/h1-7H,9H2,(H,21,24). The van der Waals surface area contributed by atoms with Crippen LogP contribution in [0.4, 0.5) is 13.6 Å². The summed E-state index contributed by atoms with van der Waals surface area (Å²) in [5.74, 6) is -1.14. The predicted octanol–water partition coefficient (Wildman–Crippen LogP) is 3.18. The molecule has 0 aliphatic carbocycles. The lowest BCUT2D eigenvalue weighted by atomic mass is 10.1. The Labute approximate surface area is 145 Å². The normalized spacial score (nSPS) is 10.2. The number of hydrogen-bond donors (Lipinski definition) is 1. The molecule has 0 saturated carbocycles. The Balaban J connectivity index is 1.63. The highest BCUT2D eigenvalue weighted by Gasteiger charge is 2.15. The Morgan fingerprint density at radius 2 is 2.08 bits per heavy atom. The number of nitrogens with zero attached hydrogens (tertiary/aromatic N) is 3. The van der Waals surface area contributed by atoms with E-state index in [2.05, 4.69) is 15.5 Å². The SMILES string of the molecule is N#Cc1cc(-c2nnc(OC(=O)NCc3cccc(F)c3)o2)ccc1F. The summed E-state index contributed by atoms with van der Waals surface area (Å²) in [6, 6.07) is 11.1. The summed E-state index contributed by atoms with van der Waals surface area (Å²) in [6.45, 7) is 0.0427. The lowest BCUT2D eigenvalue weighted by molar-refractivity contribution is 0.184. The lowest BCUT2D eigenvalue weighted by Crippen LogP contribution is -2.26. The number of nitrogens with one attached hydrogen (secondary N) is 1. The molecule has 0 bridgehead atoms. The molecule has 0 spiro atoms. The first-order chi connectivity index (χ1) is 12.5. The van der Waals surface area contributed by atoms with Gasteiger partial charge in [0.05, 0.1) is 5.56 Å². The van der Waals surface area contributed by atoms with Crippen LogP contribution < -0.4 is 10.1 Å². The second-order valence-electron chi connectivity index (χ2n) is 5.05. The van der Waals surface area contributed by atoms with E-state index in [4.69, 9.17) is 14.4 Å². The zero-order valence-electron chi connectivity index (χ0n) is 13.1. The first-order valence-electron chi connectivity index (χ1n) is 7.29. The number of hydrogen-bond acceptors (Lipinski definition) is 6. The quantitative estimate of drug-likeness (QED) is 0.770. The molecule has 0 aliphatic rings. The van der Waals surface area contributed by atoms with Gasteiger partial charge in [-0.25, -0.2) is 13.6 Å². The number of benzene rings is 2. The zero-order chi connectivity index (χ0) is 18.5. The first-order valence-corrected chi connectivity index (χ1v) is 7.29. The van der Waals surface area contributed by atoms with E-state index < -0.39 is 23.8 Å². The van der Waals surface area contributed by atoms with Crippen molar-refractivity contribution in [3.05, 3.63) is 65.2 Å². The lowest BCUT2D eigenvalue weighted by Gasteiger charge is -2.03. The number of nitriles is 1. The minimum atomic E-state index is -0.874. The van der Waals surface area contributed by atoms with Crippen molar-refractivity contribution in [3.63, 3.8) is 0 Å². The molecule has 1 aromatic heterocycles. The molecule has 1 amide bonds. The van der Waals surface area contributed by atoms with E-state index >= 15 is 0 Å². The third-order valence-electron chi connectivity index (χ3n) is 3.25. The largest absolute Gasteiger partial charge is 0.424 e. The summed E-state index contributed by atoms with van der Waals surface area (Å²) in [7, 11) is 0. The van der Waals surface area contributed by atoms with Gasteiger partial charge in [0.25, 0.3) is 5.89 Å². The molecule has 0 fully saturated rings. The Hall–Kier alpha value is -3.80. The third-order valence-corrected chi connectivity index (χ3v) is 3.25. The van der Waals surface area contributed by atoms with Gasteiger partial charge in [-0.3, -0.25) is 0 Å². The van der Waals surface area contributed by atoms with Gasteiger partial charge in [-0.05, 0) is 35.9 Å². The van der Waals surface area contributed by atoms with Crippen LogP contribution in [-0.2, 0) is 6.54 Å². The van der Waals surface area contributed by atoms with Gasteiger partial charge in [-0.15, -0.1) is 5.10 Å². The molecule has 26 heavy (non-hydrogen) atoms. The molecule has 7 nitrogen and oxygen atoms in total. The van der Waals surface area contributed by atoms with Gasteiger partial charge >= 0.3 is 12.2 Å². The van der Waals surface area contributed by atoms with E-state index in [9.17, 15) is 13.6 Å². The summed E-state index contributed by atoms with van der Waals surface area (Å²) in [5, 5.41) is 18.4. The van der Waals surface area contributed by atoms with Crippen LogP contribution in [0.2, 0.25) is 0 Å². The highest BCUT2D eigenvalue weighted by molar-refractivity contribution is 5.69. The number of amides is 1. The van der Waals surface area contributed by atoms with Crippen molar-refractivity contribution < 1.29 is 22.7 Å². The van der Waals surface area contributed by atoms with Crippen molar-refractivity contribution in [1.29, 1.82) is 5.26 Å². The van der Waals surface area contributed by atoms with Crippen molar-refractivity contribution in [2.24, 2.45) is 0 Å². The van der Waals surface area contributed by atoms with Crippen LogP contribution in [0.25, 0.3) is 11.5 Å². The minimum Gasteiger partial charge on any atom is -0.388 e. The van der Waals surface area contributed by atoms with Crippen molar-refractivity contribution in [1.82, 2.24) is 15.5 Å². The Kier molecular flexibility index (Phi) is 4.85. The molecular formula is C17H10F2N4O3. The monoisotopic (exact) mass is 356 g/mol. The minimum absolute atomic E-state index is 0.0427. The predicted molar refractivity (Wildman–Crippen MR) is 83.7 cm³/mol. The van der Waals surface area contributed by atoms with Crippen molar-refractivity contribution in [3.8, 4) is 23.6 Å². The highest BCUT2D eigenvalue weighted by Crippen LogP contribution is 2.23. The smallest absolute Gasteiger partial charge is 0.388 e. The Morgan fingerprint density at radius 3 is 2.85 bits per heavy atom. The van der Waals surface area contributed by atoms with Crippen LogP contribution in [0.5, 0.6) is 6.08 Å². The Morgan fingerprint density at radius 1 is 1.23 bits per heavy atom.